The summed E-state index contributed by atoms with van der Waals surface area (Å²) in [5.74, 6) is -0.985. The van der Waals surface area contributed by atoms with Crippen molar-refractivity contribution in [1.29, 1.82) is 0 Å². The number of carboxylic acids is 1. The standard InChI is InChI=1S/C26H27N5O2/c1-29-10-12-31(13-11-29)17-18-4-3-5-21(14-18)19-6-8-20(9-7-19)22-15-23(26(32)33)25-24(16-22)27-28-30(25)2/h3-9,14-16H,10-13,17H2,1-2H3,(H,32,33). The average molecular weight is 442 g/mol. The van der Waals surface area contributed by atoms with Crippen molar-refractivity contribution >= 4 is 17.0 Å². The fourth-order valence-electron chi connectivity index (χ4n) is 4.49. The van der Waals surface area contributed by atoms with E-state index in [4.69, 9.17) is 0 Å². The molecule has 0 atom stereocenters. The first-order valence-electron chi connectivity index (χ1n) is 11.2. The molecule has 168 valence electrons. The lowest BCUT2D eigenvalue weighted by molar-refractivity contribution is 0.0698. The van der Waals surface area contributed by atoms with Crippen LogP contribution in [-0.4, -0.2) is 69.1 Å². The first-order valence-corrected chi connectivity index (χ1v) is 11.2. The topological polar surface area (TPSA) is 74.5 Å². The average Bonchev–Trinajstić information content (AvgIpc) is 3.21. The van der Waals surface area contributed by atoms with Gasteiger partial charge in [-0.3, -0.25) is 4.90 Å². The van der Waals surface area contributed by atoms with Crippen LogP contribution in [0.15, 0.2) is 60.7 Å². The molecule has 2 heterocycles. The largest absolute Gasteiger partial charge is 0.478 e. The Bertz CT molecular complexity index is 1300. The zero-order valence-electron chi connectivity index (χ0n) is 18.9. The zero-order valence-corrected chi connectivity index (χ0v) is 18.9. The number of benzene rings is 3. The molecule has 1 N–H and O–H groups in total. The highest BCUT2D eigenvalue weighted by molar-refractivity contribution is 6.03. The van der Waals surface area contributed by atoms with Gasteiger partial charge in [0.25, 0.3) is 0 Å². The number of nitrogens with zero attached hydrogens (tertiary/aromatic N) is 5. The van der Waals surface area contributed by atoms with E-state index in [2.05, 4.69) is 63.6 Å². The maximum absolute atomic E-state index is 11.8. The third-order valence-corrected chi connectivity index (χ3v) is 6.41. The number of hydrogen-bond donors (Lipinski definition) is 1. The monoisotopic (exact) mass is 441 g/mol. The minimum atomic E-state index is -0.985. The van der Waals surface area contributed by atoms with Crippen molar-refractivity contribution in [3.8, 4) is 22.3 Å². The molecule has 5 rings (SSSR count). The number of likely N-dealkylation sites (N-methyl/N-ethyl adjacent to an activating group) is 1. The molecule has 7 heteroatoms. The summed E-state index contributed by atoms with van der Waals surface area (Å²) in [5.41, 5.74) is 6.71. The predicted octanol–water partition coefficient (Wildman–Crippen LogP) is 3.75. The summed E-state index contributed by atoms with van der Waals surface area (Å²) in [5, 5.41) is 17.8. The summed E-state index contributed by atoms with van der Waals surface area (Å²) in [6.07, 6.45) is 0. The lowest BCUT2D eigenvalue weighted by Crippen LogP contribution is -2.43. The second-order valence-corrected chi connectivity index (χ2v) is 8.77. The Kier molecular flexibility index (Phi) is 5.66. The van der Waals surface area contributed by atoms with Crippen LogP contribution in [0.2, 0.25) is 0 Å². The molecule has 0 amide bonds. The molecule has 1 fully saturated rings. The fraction of sp³-hybridized carbons (Fsp3) is 0.269. The van der Waals surface area contributed by atoms with Gasteiger partial charge in [0.15, 0.2) is 0 Å². The lowest BCUT2D eigenvalue weighted by Gasteiger charge is -2.32. The van der Waals surface area contributed by atoms with Crippen LogP contribution in [0.3, 0.4) is 0 Å². The summed E-state index contributed by atoms with van der Waals surface area (Å²) in [4.78, 5) is 16.7. The number of aromatic nitrogens is 3. The van der Waals surface area contributed by atoms with Crippen molar-refractivity contribution in [1.82, 2.24) is 24.8 Å². The van der Waals surface area contributed by atoms with Crippen LogP contribution in [0.1, 0.15) is 15.9 Å². The van der Waals surface area contributed by atoms with Crippen molar-refractivity contribution in [2.45, 2.75) is 6.54 Å². The summed E-state index contributed by atoms with van der Waals surface area (Å²) in [6.45, 7) is 5.40. The number of hydrogen-bond acceptors (Lipinski definition) is 5. The lowest BCUT2D eigenvalue weighted by atomic mass is 9.97. The Balaban J connectivity index is 1.40. The molecule has 1 aliphatic rings. The smallest absolute Gasteiger partial charge is 0.337 e. The Labute approximate surface area is 192 Å². The van der Waals surface area contributed by atoms with Crippen LogP contribution in [0.25, 0.3) is 33.3 Å². The molecule has 0 aliphatic carbocycles. The van der Waals surface area contributed by atoms with Crippen molar-refractivity contribution in [3.63, 3.8) is 0 Å². The van der Waals surface area contributed by atoms with E-state index in [0.29, 0.717) is 11.0 Å². The molecule has 4 aromatic rings. The second-order valence-electron chi connectivity index (χ2n) is 8.77. The van der Waals surface area contributed by atoms with Gasteiger partial charge in [0.2, 0.25) is 0 Å². The van der Waals surface area contributed by atoms with Crippen LogP contribution in [-0.2, 0) is 13.6 Å². The zero-order chi connectivity index (χ0) is 22.9. The minimum Gasteiger partial charge on any atom is -0.478 e. The Hall–Kier alpha value is -3.55. The second kappa shape index (κ2) is 8.77. The molecule has 1 aliphatic heterocycles. The van der Waals surface area contributed by atoms with E-state index >= 15 is 0 Å². The number of aromatic carboxylic acids is 1. The van der Waals surface area contributed by atoms with Crippen LogP contribution in [0.5, 0.6) is 0 Å². The SMILES string of the molecule is CN1CCN(Cc2cccc(-c3ccc(-c4cc(C(=O)O)c5c(c4)nnn5C)cc3)c2)CC1. The third-order valence-electron chi connectivity index (χ3n) is 6.41. The van der Waals surface area contributed by atoms with Crippen molar-refractivity contribution in [2.24, 2.45) is 7.05 Å². The highest BCUT2D eigenvalue weighted by Gasteiger charge is 2.17. The molecule has 0 spiro atoms. The van der Waals surface area contributed by atoms with Gasteiger partial charge in [0, 0.05) is 39.8 Å². The molecule has 0 bridgehead atoms. The Morgan fingerprint density at radius 3 is 2.27 bits per heavy atom. The molecule has 7 nitrogen and oxygen atoms in total. The van der Waals surface area contributed by atoms with E-state index in [0.717, 1.165) is 49.4 Å². The predicted molar refractivity (Wildman–Crippen MR) is 129 cm³/mol. The molecule has 1 saturated heterocycles. The minimum absolute atomic E-state index is 0.204. The van der Waals surface area contributed by atoms with Gasteiger partial charge in [-0.05, 0) is 53.1 Å². The van der Waals surface area contributed by atoms with E-state index in [1.165, 1.54) is 15.8 Å². The van der Waals surface area contributed by atoms with Gasteiger partial charge in [0.05, 0.1) is 5.56 Å². The van der Waals surface area contributed by atoms with Gasteiger partial charge in [-0.15, -0.1) is 5.10 Å². The molecule has 0 radical (unpaired) electrons. The van der Waals surface area contributed by atoms with Crippen molar-refractivity contribution in [2.75, 3.05) is 33.2 Å². The third kappa shape index (κ3) is 4.37. The van der Waals surface area contributed by atoms with Crippen LogP contribution >= 0.6 is 0 Å². The molecule has 33 heavy (non-hydrogen) atoms. The fourth-order valence-corrected chi connectivity index (χ4v) is 4.49. The Morgan fingerprint density at radius 1 is 0.879 bits per heavy atom. The maximum atomic E-state index is 11.8. The molecular weight excluding hydrogens is 414 g/mol. The quantitative estimate of drug-likeness (QED) is 0.509. The van der Waals surface area contributed by atoms with E-state index in [1.807, 2.05) is 18.2 Å². The number of rotatable bonds is 5. The van der Waals surface area contributed by atoms with Crippen LogP contribution < -0.4 is 0 Å². The summed E-state index contributed by atoms with van der Waals surface area (Å²) >= 11 is 0. The van der Waals surface area contributed by atoms with Gasteiger partial charge in [-0.25, -0.2) is 9.48 Å². The van der Waals surface area contributed by atoms with Gasteiger partial charge in [0.1, 0.15) is 11.0 Å². The van der Waals surface area contributed by atoms with Crippen molar-refractivity contribution in [3.05, 3.63) is 71.8 Å². The van der Waals surface area contributed by atoms with E-state index in [1.54, 1.807) is 13.1 Å². The Morgan fingerprint density at radius 2 is 1.58 bits per heavy atom. The number of carboxylic acid groups (broad SMARTS) is 1. The molecular formula is C26H27N5O2. The molecule has 1 aromatic heterocycles. The maximum Gasteiger partial charge on any atom is 0.337 e. The van der Waals surface area contributed by atoms with E-state index in [-0.39, 0.29) is 5.56 Å². The number of fused-ring (bicyclic) bond motifs is 1. The van der Waals surface area contributed by atoms with E-state index in [9.17, 15) is 9.90 Å². The van der Waals surface area contributed by atoms with Gasteiger partial charge in [-0.1, -0.05) is 47.7 Å². The van der Waals surface area contributed by atoms with E-state index < -0.39 is 5.97 Å². The normalized spacial score (nSPS) is 15.2. The molecule has 0 unspecified atom stereocenters. The first kappa shape index (κ1) is 21.3. The van der Waals surface area contributed by atoms with Gasteiger partial charge < -0.3 is 10.0 Å². The summed E-state index contributed by atoms with van der Waals surface area (Å²) < 4.78 is 1.50. The highest BCUT2D eigenvalue weighted by atomic mass is 16.4. The molecule has 3 aromatic carbocycles. The van der Waals surface area contributed by atoms with Gasteiger partial charge in [-0.2, -0.15) is 0 Å². The summed E-state index contributed by atoms with van der Waals surface area (Å²) in [7, 11) is 3.88. The number of piperazine rings is 1. The van der Waals surface area contributed by atoms with Crippen LogP contribution in [0.4, 0.5) is 0 Å². The number of carbonyl (C=O) groups is 1. The molecule has 0 saturated carbocycles. The van der Waals surface area contributed by atoms with Gasteiger partial charge >= 0.3 is 5.97 Å². The first-order chi connectivity index (χ1) is 16.0. The van der Waals surface area contributed by atoms with Crippen molar-refractivity contribution < 1.29 is 9.90 Å². The summed E-state index contributed by atoms with van der Waals surface area (Å²) in [6, 6.07) is 20.5. The highest BCUT2D eigenvalue weighted by Crippen LogP contribution is 2.29. The number of aryl methyl sites for hydroxylation is 1. The van der Waals surface area contributed by atoms with Crippen LogP contribution in [0, 0.1) is 0 Å².